The van der Waals surface area contributed by atoms with Crippen molar-refractivity contribution in [1.29, 1.82) is 0 Å². The molecule has 0 aromatic carbocycles. The standard InChI is InChI=1S/C12H23N3O/c1-5-12(2,15(3)4)11(14-13)9-10-7-6-8-16-10/h6-8,11,14H,5,9,13H2,1-4H3. The van der Waals surface area contributed by atoms with Crippen molar-refractivity contribution in [1.82, 2.24) is 10.3 Å². The van der Waals surface area contributed by atoms with Crippen LogP contribution in [0.5, 0.6) is 0 Å². The summed E-state index contributed by atoms with van der Waals surface area (Å²) in [6.45, 7) is 4.38. The topological polar surface area (TPSA) is 54.4 Å². The summed E-state index contributed by atoms with van der Waals surface area (Å²) in [4.78, 5) is 2.21. The molecule has 1 aromatic heterocycles. The minimum atomic E-state index is 0.0154. The number of furan rings is 1. The van der Waals surface area contributed by atoms with Crippen LogP contribution in [0.4, 0.5) is 0 Å². The first-order chi connectivity index (χ1) is 7.54. The minimum Gasteiger partial charge on any atom is -0.469 e. The van der Waals surface area contributed by atoms with E-state index in [1.54, 1.807) is 6.26 Å². The SMILES string of the molecule is CCC(C)(C(Cc1ccco1)NN)N(C)C. The molecule has 4 heteroatoms. The Morgan fingerprint density at radius 3 is 2.62 bits per heavy atom. The summed E-state index contributed by atoms with van der Waals surface area (Å²) >= 11 is 0. The highest BCUT2D eigenvalue weighted by Gasteiger charge is 2.34. The number of rotatable bonds is 6. The van der Waals surface area contributed by atoms with Crippen LogP contribution in [0.1, 0.15) is 26.0 Å². The molecule has 92 valence electrons. The Bertz CT molecular complexity index is 297. The fourth-order valence-electron chi connectivity index (χ4n) is 1.96. The molecule has 0 fully saturated rings. The smallest absolute Gasteiger partial charge is 0.105 e. The lowest BCUT2D eigenvalue weighted by molar-refractivity contribution is 0.110. The van der Waals surface area contributed by atoms with Gasteiger partial charge in [-0.25, -0.2) is 0 Å². The van der Waals surface area contributed by atoms with Gasteiger partial charge in [0.25, 0.3) is 0 Å². The zero-order valence-corrected chi connectivity index (χ0v) is 10.7. The van der Waals surface area contributed by atoms with Gasteiger partial charge in [0.1, 0.15) is 5.76 Å². The molecule has 1 aromatic rings. The molecular formula is C12H23N3O. The summed E-state index contributed by atoms with van der Waals surface area (Å²) in [6.07, 6.45) is 3.52. The Morgan fingerprint density at radius 1 is 1.56 bits per heavy atom. The van der Waals surface area contributed by atoms with Crippen molar-refractivity contribution in [2.24, 2.45) is 5.84 Å². The second-order valence-electron chi connectivity index (χ2n) is 4.61. The molecule has 4 nitrogen and oxygen atoms in total. The van der Waals surface area contributed by atoms with E-state index >= 15 is 0 Å². The second-order valence-corrected chi connectivity index (χ2v) is 4.61. The van der Waals surface area contributed by atoms with E-state index in [1.807, 2.05) is 12.1 Å². The highest BCUT2D eigenvalue weighted by molar-refractivity contribution is 5.05. The molecule has 3 N–H and O–H groups in total. The summed E-state index contributed by atoms with van der Waals surface area (Å²) in [5.74, 6) is 6.63. The van der Waals surface area contributed by atoms with Crippen LogP contribution in [0, 0.1) is 0 Å². The van der Waals surface area contributed by atoms with E-state index in [-0.39, 0.29) is 11.6 Å². The number of hydrogen-bond donors (Lipinski definition) is 2. The molecule has 0 aliphatic rings. The van der Waals surface area contributed by atoms with E-state index in [0.29, 0.717) is 0 Å². The van der Waals surface area contributed by atoms with Gasteiger partial charge in [0.2, 0.25) is 0 Å². The zero-order chi connectivity index (χ0) is 12.2. The Labute approximate surface area is 97.8 Å². The normalized spacial score (nSPS) is 17.4. The molecule has 16 heavy (non-hydrogen) atoms. The van der Waals surface area contributed by atoms with Crippen LogP contribution in [0.2, 0.25) is 0 Å². The van der Waals surface area contributed by atoms with Gasteiger partial charge in [0.05, 0.1) is 6.26 Å². The van der Waals surface area contributed by atoms with Crippen molar-refractivity contribution in [3.05, 3.63) is 24.2 Å². The zero-order valence-electron chi connectivity index (χ0n) is 10.7. The van der Waals surface area contributed by atoms with E-state index in [1.165, 1.54) is 0 Å². The maximum atomic E-state index is 5.67. The van der Waals surface area contributed by atoms with Gasteiger partial charge in [0, 0.05) is 18.0 Å². The van der Waals surface area contributed by atoms with E-state index in [2.05, 4.69) is 38.3 Å². The number of hydrazine groups is 1. The van der Waals surface area contributed by atoms with Crippen molar-refractivity contribution in [2.45, 2.75) is 38.3 Å². The lowest BCUT2D eigenvalue weighted by Crippen LogP contribution is -2.59. The number of hydrogen-bond acceptors (Lipinski definition) is 4. The van der Waals surface area contributed by atoms with Gasteiger partial charge in [-0.15, -0.1) is 0 Å². The fraction of sp³-hybridized carbons (Fsp3) is 0.667. The Balaban J connectivity index is 2.79. The first kappa shape index (κ1) is 13.2. The lowest BCUT2D eigenvalue weighted by atomic mass is 9.86. The quantitative estimate of drug-likeness (QED) is 0.567. The van der Waals surface area contributed by atoms with Gasteiger partial charge in [0.15, 0.2) is 0 Å². The van der Waals surface area contributed by atoms with Crippen LogP contribution < -0.4 is 11.3 Å². The predicted octanol–water partition coefficient (Wildman–Crippen LogP) is 1.38. The molecule has 0 amide bonds. The van der Waals surface area contributed by atoms with Gasteiger partial charge in [-0.05, 0) is 39.6 Å². The first-order valence-electron chi connectivity index (χ1n) is 5.70. The van der Waals surface area contributed by atoms with Gasteiger partial charge in [-0.3, -0.25) is 11.3 Å². The van der Waals surface area contributed by atoms with Crippen molar-refractivity contribution in [2.75, 3.05) is 14.1 Å². The van der Waals surface area contributed by atoms with Gasteiger partial charge < -0.3 is 9.32 Å². The molecule has 1 heterocycles. The van der Waals surface area contributed by atoms with Gasteiger partial charge in [-0.1, -0.05) is 6.92 Å². The van der Waals surface area contributed by atoms with Crippen LogP contribution in [0.15, 0.2) is 22.8 Å². The molecular weight excluding hydrogens is 202 g/mol. The number of nitrogens with one attached hydrogen (secondary N) is 1. The van der Waals surface area contributed by atoms with Crippen LogP contribution in [0.3, 0.4) is 0 Å². The molecule has 0 saturated carbocycles. The molecule has 0 radical (unpaired) electrons. The molecule has 0 saturated heterocycles. The van der Waals surface area contributed by atoms with Crippen molar-refractivity contribution in [3.8, 4) is 0 Å². The Morgan fingerprint density at radius 2 is 2.25 bits per heavy atom. The highest BCUT2D eigenvalue weighted by Crippen LogP contribution is 2.23. The molecule has 0 spiro atoms. The van der Waals surface area contributed by atoms with Crippen LogP contribution >= 0.6 is 0 Å². The number of nitrogens with zero attached hydrogens (tertiary/aromatic N) is 1. The Hall–Kier alpha value is -0.840. The highest BCUT2D eigenvalue weighted by atomic mass is 16.3. The van der Waals surface area contributed by atoms with Crippen molar-refractivity contribution in [3.63, 3.8) is 0 Å². The maximum Gasteiger partial charge on any atom is 0.105 e. The van der Waals surface area contributed by atoms with Gasteiger partial charge in [-0.2, -0.15) is 0 Å². The summed E-state index contributed by atoms with van der Waals surface area (Å²) in [5.41, 5.74) is 2.93. The third-order valence-corrected chi connectivity index (χ3v) is 3.67. The monoisotopic (exact) mass is 225 g/mol. The molecule has 2 atom stereocenters. The third kappa shape index (κ3) is 2.64. The fourth-order valence-corrected chi connectivity index (χ4v) is 1.96. The number of nitrogens with two attached hydrogens (primary N) is 1. The number of likely N-dealkylation sites (N-methyl/N-ethyl adjacent to an activating group) is 1. The molecule has 0 aliphatic carbocycles. The average molecular weight is 225 g/mol. The summed E-state index contributed by atoms with van der Waals surface area (Å²) in [6, 6.07) is 4.05. The first-order valence-corrected chi connectivity index (χ1v) is 5.70. The third-order valence-electron chi connectivity index (χ3n) is 3.67. The average Bonchev–Trinajstić information content (AvgIpc) is 2.77. The van der Waals surface area contributed by atoms with Crippen LogP contribution in [-0.2, 0) is 6.42 Å². The summed E-state index contributed by atoms with van der Waals surface area (Å²) < 4.78 is 5.37. The molecule has 2 unspecified atom stereocenters. The van der Waals surface area contributed by atoms with E-state index in [0.717, 1.165) is 18.6 Å². The Kier molecular flexibility index (Phi) is 4.53. The van der Waals surface area contributed by atoms with Crippen LogP contribution in [0.25, 0.3) is 0 Å². The van der Waals surface area contributed by atoms with E-state index < -0.39 is 0 Å². The maximum absolute atomic E-state index is 5.67. The predicted molar refractivity (Wildman–Crippen MR) is 65.9 cm³/mol. The van der Waals surface area contributed by atoms with E-state index in [4.69, 9.17) is 10.3 Å². The summed E-state index contributed by atoms with van der Waals surface area (Å²) in [5, 5.41) is 0. The second kappa shape index (κ2) is 5.48. The molecule has 0 aliphatic heterocycles. The van der Waals surface area contributed by atoms with E-state index in [9.17, 15) is 0 Å². The largest absolute Gasteiger partial charge is 0.469 e. The summed E-state index contributed by atoms with van der Waals surface area (Å²) in [7, 11) is 4.16. The van der Waals surface area contributed by atoms with Crippen molar-refractivity contribution >= 4 is 0 Å². The van der Waals surface area contributed by atoms with Crippen molar-refractivity contribution < 1.29 is 4.42 Å². The molecule has 0 bridgehead atoms. The minimum absolute atomic E-state index is 0.0154. The molecule has 1 rings (SSSR count). The lowest BCUT2D eigenvalue weighted by Gasteiger charge is -2.42. The van der Waals surface area contributed by atoms with Gasteiger partial charge >= 0.3 is 0 Å². The van der Waals surface area contributed by atoms with Crippen LogP contribution in [-0.4, -0.2) is 30.6 Å².